The number of furan rings is 1. The quantitative estimate of drug-likeness (QED) is 0.880. The Kier molecular flexibility index (Phi) is 4.57. The Morgan fingerprint density at radius 1 is 1.35 bits per heavy atom. The highest BCUT2D eigenvalue weighted by atomic mass is 32.1. The van der Waals surface area contributed by atoms with Gasteiger partial charge in [-0.3, -0.25) is 9.59 Å². The maximum absolute atomic E-state index is 12.4. The van der Waals surface area contributed by atoms with Gasteiger partial charge in [0.05, 0.1) is 16.9 Å². The number of hydrazone groups is 1. The maximum Gasteiger partial charge on any atom is 0.303 e. The molecule has 0 aromatic carbocycles. The van der Waals surface area contributed by atoms with Gasteiger partial charge in [-0.15, -0.1) is 11.3 Å². The van der Waals surface area contributed by atoms with Crippen molar-refractivity contribution >= 4 is 28.9 Å². The van der Waals surface area contributed by atoms with Crippen LogP contribution in [-0.2, 0) is 9.59 Å². The van der Waals surface area contributed by atoms with E-state index in [1.165, 1.54) is 5.01 Å². The normalized spacial score (nSPS) is 17.3. The van der Waals surface area contributed by atoms with Gasteiger partial charge in [-0.25, -0.2) is 5.01 Å². The summed E-state index contributed by atoms with van der Waals surface area (Å²) in [5.74, 6) is -0.393. The Hall–Kier alpha value is -2.41. The Bertz CT molecular complexity index is 707. The molecule has 2 aromatic heterocycles. The van der Waals surface area contributed by atoms with Crippen LogP contribution in [0.15, 0.2) is 45.4 Å². The number of carbonyl (C=O) groups is 2. The molecular formula is C16H16N2O4S. The van der Waals surface area contributed by atoms with Crippen molar-refractivity contribution in [2.45, 2.75) is 31.7 Å². The third kappa shape index (κ3) is 3.50. The number of rotatable bonds is 6. The molecule has 1 aliphatic rings. The van der Waals surface area contributed by atoms with Crippen molar-refractivity contribution in [2.24, 2.45) is 5.10 Å². The summed E-state index contributed by atoms with van der Waals surface area (Å²) in [7, 11) is 0. The molecule has 23 heavy (non-hydrogen) atoms. The van der Waals surface area contributed by atoms with Gasteiger partial charge < -0.3 is 9.52 Å². The number of carboxylic acids is 1. The third-order valence-corrected chi connectivity index (χ3v) is 4.54. The minimum Gasteiger partial charge on any atom is -0.481 e. The van der Waals surface area contributed by atoms with Gasteiger partial charge in [-0.2, -0.15) is 5.10 Å². The topological polar surface area (TPSA) is 83.1 Å². The summed E-state index contributed by atoms with van der Waals surface area (Å²) < 4.78 is 5.45. The SMILES string of the molecule is O=C(O)CCCC(=O)N1N=C(c2cccs2)CC1c1ccco1. The van der Waals surface area contributed by atoms with E-state index in [2.05, 4.69) is 5.10 Å². The highest BCUT2D eigenvalue weighted by Crippen LogP contribution is 2.34. The number of hydrogen-bond donors (Lipinski definition) is 1. The lowest BCUT2D eigenvalue weighted by Gasteiger charge is -2.19. The molecule has 0 spiro atoms. The molecule has 0 saturated heterocycles. The summed E-state index contributed by atoms with van der Waals surface area (Å²) in [6.07, 6.45) is 2.61. The number of carbonyl (C=O) groups excluding carboxylic acids is 1. The molecule has 1 amide bonds. The molecule has 0 aliphatic carbocycles. The fraction of sp³-hybridized carbons (Fsp3) is 0.312. The molecule has 0 saturated carbocycles. The average Bonchev–Trinajstić information content (AvgIpc) is 3.26. The minimum absolute atomic E-state index is 0.0213. The van der Waals surface area contributed by atoms with Crippen molar-refractivity contribution in [1.82, 2.24) is 5.01 Å². The molecule has 1 aliphatic heterocycles. The van der Waals surface area contributed by atoms with Crippen LogP contribution in [0.25, 0.3) is 0 Å². The van der Waals surface area contributed by atoms with Gasteiger partial charge in [0, 0.05) is 19.3 Å². The first-order valence-corrected chi connectivity index (χ1v) is 8.21. The van der Waals surface area contributed by atoms with Gasteiger partial charge in [0.15, 0.2) is 0 Å². The second kappa shape index (κ2) is 6.78. The molecular weight excluding hydrogens is 316 g/mol. The average molecular weight is 332 g/mol. The Morgan fingerprint density at radius 3 is 2.87 bits per heavy atom. The zero-order valence-corrected chi connectivity index (χ0v) is 13.2. The molecule has 1 N–H and O–H groups in total. The second-order valence-electron chi connectivity index (χ2n) is 5.24. The molecule has 3 rings (SSSR count). The summed E-state index contributed by atoms with van der Waals surface area (Å²) in [6.45, 7) is 0. The van der Waals surface area contributed by atoms with E-state index in [0.717, 1.165) is 10.6 Å². The molecule has 3 heterocycles. The van der Waals surface area contributed by atoms with Crippen molar-refractivity contribution in [3.8, 4) is 0 Å². The molecule has 6 nitrogen and oxygen atoms in total. The zero-order valence-electron chi connectivity index (χ0n) is 12.3. The Labute approximate surface area is 137 Å². The molecule has 0 fully saturated rings. The lowest BCUT2D eigenvalue weighted by atomic mass is 10.1. The molecule has 1 unspecified atom stereocenters. The summed E-state index contributed by atoms with van der Waals surface area (Å²) in [4.78, 5) is 24.1. The smallest absolute Gasteiger partial charge is 0.303 e. The summed E-state index contributed by atoms with van der Waals surface area (Å²) in [5, 5.41) is 16.6. The van der Waals surface area contributed by atoms with Crippen LogP contribution in [0.5, 0.6) is 0 Å². The highest BCUT2D eigenvalue weighted by Gasteiger charge is 2.34. The third-order valence-electron chi connectivity index (χ3n) is 3.62. The first kappa shape index (κ1) is 15.5. The minimum atomic E-state index is -0.899. The van der Waals surface area contributed by atoms with Crippen LogP contribution in [0.3, 0.4) is 0 Å². The Balaban J connectivity index is 1.77. The van der Waals surface area contributed by atoms with E-state index in [9.17, 15) is 9.59 Å². The molecule has 120 valence electrons. The van der Waals surface area contributed by atoms with Crippen molar-refractivity contribution in [1.29, 1.82) is 0 Å². The number of hydrogen-bond acceptors (Lipinski definition) is 5. The van der Waals surface area contributed by atoms with Gasteiger partial charge in [0.2, 0.25) is 5.91 Å². The monoisotopic (exact) mass is 332 g/mol. The first-order valence-electron chi connectivity index (χ1n) is 7.34. The van der Waals surface area contributed by atoms with E-state index < -0.39 is 5.97 Å². The van der Waals surface area contributed by atoms with E-state index in [4.69, 9.17) is 9.52 Å². The number of carboxylic acid groups (broad SMARTS) is 1. The fourth-order valence-electron chi connectivity index (χ4n) is 2.54. The predicted molar refractivity (Wildman–Crippen MR) is 85.3 cm³/mol. The number of amides is 1. The Morgan fingerprint density at radius 2 is 2.22 bits per heavy atom. The van der Waals surface area contributed by atoms with Crippen molar-refractivity contribution in [3.63, 3.8) is 0 Å². The van der Waals surface area contributed by atoms with Gasteiger partial charge in [0.25, 0.3) is 0 Å². The molecule has 2 aromatic rings. The van der Waals surface area contributed by atoms with Crippen LogP contribution < -0.4 is 0 Å². The lowest BCUT2D eigenvalue weighted by Crippen LogP contribution is -2.26. The molecule has 0 radical (unpaired) electrons. The lowest BCUT2D eigenvalue weighted by molar-refractivity contribution is -0.137. The maximum atomic E-state index is 12.4. The van der Waals surface area contributed by atoms with E-state index >= 15 is 0 Å². The molecule has 7 heteroatoms. The van der Waals surface area contributed by atoms with Crippen LogP contribution in [0.4, 0.5) is 0 Å². The standard InChI is InChI=1S/C16H16N2O4S/c19-15(6-1-7-16(20)21)18-12(13-4-2-8-22-13)10-11(17-18)14-5-3-9-23-14/h2-5,8-9,12H,1,6-7,10H2,(H,20,21). The second-order valence-corrected chi connectivity index (χ2v) is 6.19. The summed E-state index contributed by atoms with van der Waals surface area (Å²) in [5.41, 5.74) is 0.855. The van der Waals surface area contributed by atoms with Gasteiger partial charge in [-0.1, -0.05) is 6.07 Å². The molecule has 1 atom stereocenters. The summed E-state index contributed by atoms with van der Waals surface area (Å²) in [6, 6.07) is 7.27. The van der Waals surface area contributed by atoms with Crippen molar-refractivity contribution in [2.75, 3.05) is 0 Å². The van der Waals surface area contributed by atoms with E-state index in [0.29, 0.717) is 18.6 Å². The predicted octanol–water partition coefficient (Wildman–Crippen LogP) is 3.27. The zero-order chi connectivity index (χ0) is 16.2. The fourth-order valence-corrected chi connectivity index (χ4v) is 3.26. The van der Waals surface area contributed by atoms with Crippen LogP contribution in [0, 0.1) is 0 Å². The van der Waals surface area contributed by atoms with E-state index in [1.54, 1.807) is 23.7 Å². The highest BCUT2D eigenvalue weighted by molar-refractivity contribution is 7.12. The van der Waals surface area contributed by atoms with Crippen molar-refractivity contribution in [3.05, 3.63) is 46.5 Å². The van der Waals surface area contributed by atoms with Crippen LogP contribution in [0.1, 0.15) is 42.4 Å². The van der Waals surface area contributed by atoms with Gasteiger partial charge in [-0.05, 0) is 30.0 Å². The molecule has 0 bridgehead atoms. The van der Waals surface area contributed by atoms with E-state index in [-0.39, 0.29) is 24.8 Å². The van der Waals surface area contributed by atoms with Crippen molar-refractivity contribution < 1.29 is 19.1 Å². The van der Waals surface area contributed by atoms with Gasteiger partial charge in [0.1, 0.15) is 11.8 Å². The van der Waals surface area contributed by atoms with Gasteiger partial charge >= 0.3 is 5.97 Å². The largest absolute Gasteiger partial charge is 0.481 e. The van der Waals surface area contributed by atoms with Crippen LogP contribution in [-0.4, -0.2) is 27.7 Å². The number of aliphatic carboxylic acids is 1. The number of nitrogens with zero attached hydrogens (tertiary/aromatic N) is 2. The first-order chi connectivity index (χ1) is 11.1. The van der Waals surface area contributed by atoms with Crippen LogP contribution in [0.2, 0.25) is 0 Å². The summed E-state index contributed by atoms with van der Waals surface area (Å²) >= 11 is 1.58. The van der Waals surface area contributed by atoms with Crippen LogP contribution >= 0.6 is 11.3 Å². The number of thiophene rings is 1. The van der Waals surface area contributed by atoms with E-state index in [1.807, 2.05) is 23.6 Å².